The van der Waals surface area contributed by atoms with Crippen molar-refractivity contribution in [2.45, 2.75) is 33.1 Å². The van der Waals surface area contributed by atoms with Crippen LogP contribution in [0, 0.1) is 37.5 Å². The monoisotopic (exact) mass is 389 g/mol. The zero-order valence-corrected chi connectivity index (χ0v) is 16.6. The summed E-state index contributed by atoms with van der Waals surface area (Å²) >= 11 is 0. The van der Waals surface area contributed by atoms with Gasteiger partial charge in [0.2, 0.25) is 11.8 Å². The van der Waals surface area contributed by atoms with Gasteiger partial charge in [-0.05, 0) is 86.4 Å². The van der Waals surface area contributed by atoms with E-state index in [0.29, 0.717) is 28.8 Å². The SMILES string of the molecule is Cc1cccc(OC(=O)c2ccc(N3C(=O)[C@H]4[C@H]5CC[C@@H](C5)[C@@H]4C3=O)cc2)c1C. The minimum absolute atomic E-state index is 0.0714. The summed E-state index contributed by atoms with van der Waals surface area (Å²) < 4.78 is 5.53. The molecule has 1 aliphatic heterocycles. The van der Waals surface area contributed by atoms with E-state index in [-0.39, 0.29) is 23.7 Å². The van der Waals surface area contributed by atoms with Crippen molar-refractivity contribution in [2.75, 3.05) is 4.90 Å². The smallest absolute Gasteiger partial charge is 0.343 e. The van der Waals surface area contributed by atoms with Crippen LogP contribution in [0.1, 0.15) is 40.7 Å². The number of anilines is 1. The molecule has 2 saturated carbocycles. The average Bonchev–Trinajstić information content (AvgIpc) is 3.39. The fourth-order valence-electron chi connectivity index (χ4n) is 5.40. The van der Waals surface area contributed by atoms with Crippen LogP contribution < -0.4 is 9.64 Å². The van der Waals surface area contributed by atoms with Crippen molar-refractivity contribution in [3.8, 4) is 5.75 Å². The zero-order valence-electron chi connectivity index (χ0n) is 16.6. The number of hydrogen-bond acceptors (Lipinski definition) is 4. The molecule has 1 saturated heterocycles. The van der Waals surface area contributed by atoms with E-state index < -0.39 is 5.97 Å². The molecule has 5 heteroatoms. The number of fused-ring (bicyclic) bond motifs is 5. The molecule has 2 aromatic rings. The second-order valence-electron chi connectivity index (χ2n) is 8.53. The number of aryl methyl sites for hydroxylation is 1. The second-order valence-corrected chi connectivity index (χ2v) is 8.53. The van der Waals surface area contributed by atoms with Crippen molar-refractivity contribution in [1.82, 2.24) is 0 Å². The molecule has 3 aliphatic rings. The molecule has 5 rings (SSSR count). The van der Waals surface area contributed by atoms with Crippen molar-refractivity contribution in [3.63, 3.8) is 0 Å². The second kappa shape index (κ2) is 6.55. The minimum Gasteiger partial charge on any atom is -0.423 e. The first kappa shape index (κ1) is 18.1. The third-order valence-electron chi connectivity index (χ3n) is 7.05. The molecule has 29 heavy (non-hydrogen) atoms. The van der Waals surface area contributed by atoms with E-state index in [1.165, 1.54) is 4.90 Å². The Balaban J connectivity index is 1.35. The fraction of sp³-hybridized carbons (Fsp3) is 0.375. The predicted molar refractivity (Wildman–Crippen MR) is 108 cm³/mol. The minimum atomic E-state index is -0.459. The van der Waals surface area contributed by atoms with Crippen molar-refractivity contribution >= 4 is 23.5 Å². The lowest BCUT2D eigenvalue weighted by molar-refractivity contribution is -0.123. The maximum absolute atomic E-state index is 12.9. The van der Waals surface area contributed by atoms with Gasteiger partial charge in [-0.1, -0.05) is 12.1 Å². The van der Waals surface area contributed by atoms with Crippen LogP contribution in [0.3, 0.4) is 0 Å². The first-order valence-electron chi connectivity index (χ1n) is 10.2. The summed E-state index contributed by atoms with van der Waals surface area (Å²) in [4.78, 5) is 39.7. The Morgan fingerprint density at radius 2 is 1.55 bits per heavy atom. The van der Waals surface area contributed by atoms with Gasteiger partial charge in [0, 0.05) is 0 Å². The van der Waals surface area contributed by atoms with Crippen LogP contribution in [-0.4, -0.2) is 17.8 Å². The van der Waals surface area contributed by atoms with Gasteiger partial charge < -0.3 is 4.74 Å². The molecule has 1 heterocycles. The third-order valence-corrected chi connectivity index (χ3v) is 7.05. The molecule has 2 bridgehead atoms. The Labute approximate surface area is 169 Å². The van der Waals surface area contributed by atoms with E-state index in [4.69, 9.17) is 4.74 Å². The Bertz CT molecular complexity index is 998. The number of carbonyl (C=O) groups is 3. The van der Waals surface area contributed by atoms with Crippen LogP contribution in [0.4, 0.5) is 5.69 Å². The lowest BCUT2D eigenvalue weighted by Gasteiger charge is -2.19. The number of esters is 1. The van der Waals surface area contributed by atoms with Gasteiger partial charge in [-0.3, -0.25) is 14.5 Å². The Morgan fingerprint density at radius 1 is 0.931 bits per heavy atom. The molecule has 0 spiro atoms. The number of nitrogens with zero attached hydrogens (tertiary/aromatic N) is 1. The van der Waals surface area contributed by atoms with Crippen LogP contribution in [0.15, 0.2) is 42.5 Å². The van der Waals surface area contributed by atoms with Crippen molar-refractivity contribution in [2.24, 2.45) is 23.7 Å². The lowest BCUT2D eigenvalue weighted by atomic mass is 9.81. The van der Waals surface area contributed by atoms with Crippen LogP contribution in [0.5, 0.6) is 5.75 Å². The molecule has 0 unspecified atom stereocenters. The third kappa shape index (κ3) is 2.71. The van der Waals surface area contributed by atoms with E-state index in [9.17, 15) is 14.4 Å². The Kier molecular flexibility index (Phi) is 4.09. The van der Waals surface area contributed by atoms with Gasteiger partial charge in [0.05, 0.1) is 23.1 Å². The summed E-state index contributed by atoms with van der Waals surface area (Å²) in [5.41, 5.74) is 2.90. The Hall–Kier alpha value is -2.95. The van der Waals surface area contributed by atoms with Gasteiger partial charge in [-0.15, -0.1) is 0 Å². The highest BCUT2D eigenvalue weighted by Gasteiger charge is 2.61. The van der Waals surface area contributed by atoms with E-state index in [2.05, 4.69) is 0 Å². The molecular formula is C24H23NO4. The molecule has 4 atom stereocenters. The van der Waals surface area contributed by atoms with E-state index in [0.717, 1.165) is 30.4 Å². The number of hydrogen-bond donors (Lipinski definition) is 0. The fourth-order valence-corrected chi connectivity index (χ4v) is 5.40. The van der Waals surface area contributed by atoms with Gasteiger partial charge in [0.25, 0.3) is 0 Å². The first-order valence-corrected chi connectivity index (χ1v) is 10.2. The molecule has 2 amide bonds. The number of ether oxygens (including phenoxy) is 1. The van der Waals surface area contributed by atoms with Gasteiger partial charge >= 0.3 is 5.97 Å². The maximum Gasteiger partial charge on any atom is 0.343 e. The molecule has 5 nitrogen and oxygen atoms in total. The van der Waals surface area contributed by atoms with Gasteiger partial charge in [-0.2, -0.15) is 0 Å². The molecule has 148 valence electrons. The highest BCUT2D eigenvalue weighted by molar-refractivity contribution is 6.22. The lowest BCUT2D eigenvalue weighted by Crippen LogP contribution is -2.32. The van der Waals surface area contributed by atoms with Gasteiger partial charge in [0.15, 0.2) is 0 Å². The van der Waals surface area contributed by atoms with Crippen LogP contribution in [-0.2, 0) is 9.59 Å². The summed E-state index contributed by atoms with van der Waals surface area (Å²) in [7, 11) is 0. The zero-order chi connectivity index (χ0) is 20.3. The summed E-state index contributed by atoms with van der Waals surface area (Å²) in [5.74, 6) is 0.365. The van der Waals surface area contributed by atoms with Crippen LogP contribution in [0.25, 0.3) is 0 Å². The largest absolute Gasteiger partial charge is 0.423 e. The topological polar surface area (TPSA) is 63.7 Å². The number of rotatable bonds is 3. The summed E-state index contributed by atoms with van der Waals surface area (Å²) in [6.07, 6.45) is 3.13. The van der Waals surface area contributed by atoms with Crippen LogP contribution in [0.2, 0.25) is 0 Å². The van der Waals surface area contributed by atoms with Crippen LogP contribution >= 0.6 is 0 Å². The standard InChI is InChI=1S/C24H23NO4/c1-13-4-3-5-19(14(13)2)29-24(28)15-8-10-18(11-9-15)25-22(26)20-16-6-7-17(12-16)21(20)23(25)27/h3-5,8-11,16-17,20-21H,6-7,12H2,1-2H3/t16-,17-,20-,21-/m0/s1. The number of carbonyl (C=O) groups excluding carboxylic acids is 3. The quantitative estimate of drug-likeness (QED) is 0.451. The first-order chi connectivity index (χ1) is 14.0. The number of imide groups is 1. The van der Waals surface area contributed by atoms with Crippen molar-refractivity contribution < 1.29 is 19.1 Å². The van der Waals surface area contributed by atoms with E-state index in [1.807, 2.05) is 26.0 Å². The number of amides is 2. The van der Waals surface area contributed by atoms with Gasteiger partial charge in [-0.25, -0.2) is 4.79 Å². The summed E-state index contributed by atoms with van der Waals surface area (Å²) in [6, 6.07) is 12.1. The summed E-state index contributed by atoms with van der Waals surface area (Å²) in [6.45, 7) is 3.88. The molecule has 2 aliphatic carbocycles. The van der Waals surface area contributed by atoms with Crippen molar-refractivity contribution in [3.05, 3.63) is 59.2 Å². The van der Waals surface area contributed by atoms with E-state index >= 15 is 0 Å². The van der Waals surface area contributed by atoms with E-state index in [1.54, 1.807) is 30.3 Å². The normalized spacial score (nSPS) is 27.4. The maximum atomic E-state index is 12.9. The summed E-state index contributed by atoms with van der Waals surface area (Å²) in [5, 5.41) is 0. The predicted octanol–water partition coefficient (Wildman–Crippen LogP) is 4.06. The average molecular weight is 389 g/mol. The molecule has 0 radical (unpaired) electrons. The molecular weight excluding hydrogens is 366 g/mol. The highest BCUT2D eigenvalue weighted by atomic mass is 16.5. The Morgan fingerprint density at radius 3 is 2.17 bits per heavy atom. The molecule has 0 aromatic heterocycles. The molecule has 2 aromatic carbocycles. The highest BCUT2D eigenvalue weighted by Crippen LogP contribution is 2.56. The van der Waals surface area contributed by atoms with Crippen molar-refractivity contribution in [1.29, 1.82) is 0 Å². The number of benzene rings is 2. The molecule has 0 N–H and O–H groups in total. The molecule has 3 fully saturated rings. The van der Waals surface area contributed by atoms with Gasteiger partial charge in [0.1, 0.15) is 5.75 Å².